The van der Waals surface area contributed by atoms with Gasteiger partial charge < -0.3 is 14.5 Å². The fourth-order valence-corrected chi connectivity index (χ4v) is 1.50. The summed E-state index contributed by atoms with van der Waals surface area (Å²) < 4.78 is 6.44. The normalized spacial score (nSPS) is 9.25. The molecule has 2 rings (SSSR count). The van der Waals surface area contributed by atoms with Gasteiger partial charge in [0.2, 0.25) is 0 Å². The monoisotopic (exact) mass is 279 g/mol. The van der Waals surface area contributed by atoms with Gasteiger partial charge in [0.25, 0.3) is 5.09 Å². The van der Waals surface area contributed by atoms with Crippen molar-refractivity contribution < 1.29 is 19.8 Å². The van der Waals surface area contributed by atoms with Gasteiger partial charge in [-0.05, 0) is 5.56 Å². The molecular formula is C12H13N3O5. The third-order valence-electron chi connectivity index (χ3n) is 2.30. The molecule has 8 heteroatoms. The van der Waals surface area contributed by atoms with E-state index in [1.165, 1.54) is 13.3 Å². The van der Waals surface area contributed by atoms with Crippen molar-refractivity contribution in [3.8, 4) is 0 Å². The van der Waals surface area contributed by atoms with Crippen LogP contribution in [0.15, 0.2) is 42.9 Å². The number of esters is 1. The van der Waals surface area contributed by atoms with Gasteiger partial charge in [-0.2, -0.15) is 0 Å². The van der Waals surface area contributed by atoms with Gasteiger partial charge in [-0.15, -0.1) is 10.1 Å². The third kappa shape index (κ3) is 4.77. The first-order chi connectivity index (χ1) is 9.54. The molecule has 0 radical (unpaired) electrons. The molecule has 0 atom stereocenters. The molecule has 106 valence electrons. The van der Waals surface area contributed by atoms with Crippen LogP contribution >= 0.6 is 0 Å². The molecular weight excluding hydrogens is 266 g/mol. The molecule has 1 aromatic heterocycles. The van der Waals surface area contributed by atoms with Crippen LogP contribution in [0.5, 0.6) is 0 Å². The van der Waals surface area contributed by atoms with Gasteiger partial charge in [-0.25, -0.2) is 9.78 Å². The van der Waals surface area contributed by atoms with E-state index in [-0.39, 0.29) is 5.97 Å². The first kappa shape index (κ1) is 15.2. The zero-order valence-corrected chi connectivity index (χ0v) is 10.7. The molecule has 2 aromatic rings. The molecule has 0 saturated carbocycles. The highest BCUT2D eigenvalue weighted by molar-refractivity contribution is 5.87. The maximum atomic E-state index is 11.4. The Labute approximate surface area is 114 Å². The van der Waals surface area contributed by atoms with Crippen molar-refractivity contribution in [1.82, 2.24) is 9.55 Å². The first-order valence-electron chi connectivity index (χ1n) is 5.50. The smallest absolute Gasteiger partial charge is 0.356 e. The van der Waals surface area contributed by atoms with E-state index in [0.29, 0.717) is 12.2 Å². The molecule has 0 bridgehead atoms. The Balaban J connectivity index is 0.000000444. The number of carbonyl (C=O) groups excluding carboxylic acids is 1. The number of methoxy groups -OCH3 is 1. The van der Waals surface area contributed by atoms with Crippen LogP contribution in [0, 0.1) is 10.1 Å². The van der Waals surface area contributed by atoms with Crippen LogP contribution in [0.4, 0.5) is 0 Å². The zero-order chi connectivity index (χ0) is 15.0. The topological polar surface area (TPSA) is 107 Å². The molecule has 0 amide bonds. The second-order valence-corrected chi connectivity index (χ2v) is 3.62. The number of hydrogen-bond acceptors (Lipinski definition) is 5. The molecule has 0 unspecified atom stereocenters. The molecule has 20 heavy (non-hydrogen) atoms. The van der Waals surface area contributed by atoms with E-state index in [4.69, 9.17) is 15.3 Å². The Morgan fingerprint density at radius 1 is 1.45 bits per heavy atom. The van der Waals surface area contributed by atoms with Crippen LogP contribution in [0.1, 0.15) is 16.1 Å². The number of imidazole rings is 1. The SMILES string of the molecule is COC(=O)c1cncn1Cc1ccccc1.O=[N+]([O-])O. The van der Waals surface area contributed by atoms with Gasteiger partial charge in [-0.3, -0.25) is 0 Å². The van der Waals surface area contributed by atoms with Crippen LogP contribution in [-0.4, -0.2) is 32.9 Å². The molecule has 0 aliphatic carbocycles. The number of hydrogen-bond donors (Lipinski definition) is 1. The summed E-state index contributed by atoms with van der Waals surface area (Å²) in [7, 11) is 1.36. The van der Waals surface area contributed by atoms with E-state index in [1.54, 1.807) is 10.9 Å². The number of carbonyl (C=O) groups is 1. The van der Waals surface area contributed by atoms with E-state index < -0.39 is 5.09 Å². The van der Waals surface area contributed by atoms with Crippen molar-refractivity contribution in [3.05, 3.63) is 64.2 Å². The lowest BCUT2D eigenvalue weighted by atomic mass is 10.2. The second-order valence-electron chi connectivity index (χ2n) is 3.62. The van der Waals surface area contributed by atoms with E-state index in [2.05, 4.69) is 9.72 Å². The zero-order valence-electron chi connectivity index (χ0n) is 10.7. The third-order valence-corrected chi connectivity index (χ3v) is 2.30. The lowest BCUT2D eigenvalue weighted by Gasteiger charge is -2.06. The number of nitrogens with zero attached hydrogens (tertiary/aromatic N) is 3. The predicted molar refractivity (Wildman–Crippen MR) is 67.9 cm³/mol. The van der Waals surface area contributed by atoms with Gasteiger partial charge in [0.15, 0.2) is 0 Å². The summed E-state index contributed by atoms with van der Waals surface area (Å²) in [5.41, 5.74) is 1.58. The van der Waals surface area contributed by atoms with Gasteiger partial charge in [0.05, 0.1) is 19.6 Å². The van der Waals surface area contributed by atoms with Crippen LogP contribution in [0.3, 0.4) is 0 Å². The van der Waals surface area contributed by atoms with E-state index in [0.717, 1.165) is 5.56 Å². The summed E-state index contributed by atoms with van der Waals surface area (Å²) in [6.07, 6.45) is 3.13. The van der Waals surface area contributed by atoms with Crippen molar-refractivity contribution in [2.24, 2.45) is 0 Å². The first-order valence-corrected chi connectivity index (χ1v) is 5.50. The predicted octanol–water partition coefficient (Wildman–Crippen LogP) is 1.37. The molecule has 8 nitrogen and oxygen atoms in total. The van der Waals surface area contributed by atoms with Crippen molar-refractivity contribution in [3.63, 3.8) is 0 Å². The minimum atomic E-state index is -1.50. The summed E-state index contributed by atoms with van der Waals surface area (Å²) >= 11 is 0. The maximum Gasteiger partial charge on any atom is 0.356 e. The summed E-state index contributed by atoms with van der Waals surface area (Å²) in [5, 5.41) is 13.6. The minimum Gasteiger partial charge on any atom is -0.464 e. The summed E-state index contributed by atoms with van der Waals surface area (Å²) in [5.74, 6) is -0.367. The van der Waals surface area contributed by atoms with Crippen molar-refractivity contribution >= 4 is 5.97 Å². The van der Waals surface area contributed by atoms with Crippen LogP contribution in [0.2, 0.25) is 0 Å². The number of ether oxygens (including phenoxy) is 1. The number of rotatable bonds is 3. The van der Waals surface area contributed by atoms with Crippen LogP contribution in [-0.2, 0) is 11.3 Å². The molecule has 0 saturated heterocycles. The van der Waals surface area contributed by atoms with Crippen LogP contribution < -0.4 is 0 Å². The van der Waals surface area contributed by atoms with Crippen molar-refractivity contribution in [2.45, 2.75) is 6.54 Å². The number of benzene rings is 1. The van der Waals surface area contributed by atoms with Crippen molar-refractivity contribution in [2.75, 3.05) is 7.11 Å². The highest BCUT2D eigenvalue weighted by atomic mass is 16.9. The van der Waals surface area contributed by atoms with Crippen molar-refractivity contribution in [1.29, 1.82) is 0 Å². The summed E-state index contributed by atoms with van der Waals surface area (Å²) in [6.45, 7) is 0.616. The van der Waals surface area contributed by atoms with E-state index in [9.17, 15) is 4.79 Å². The molecule has 0 aliphatic heterocycles. The lowest BCUT2D eigenvalue weighted by Crippen LogP contribution is -2.10. The molecule has 1 aromatic carbocycles. The minimum absolute atomic E-state index is 0.367. The Kier molecular flexibility index (Phi) is 5.70. The molecule has 0 fully saturated rings. The van der Waals surface area contributed by atoms with E-state index in [1.807, 2.05) is 30.3 Å². The fourth-order valence-electron chi connectivity index (χ4n) is 1.50. The van der Waals surface area contributed by atoms with Crippen LogP contribution in [0.25, 0.3) is 0 Å². The van der Waals surface area contributed by atoms with Gasteiger partial charge in [-0.1, -0.05) is 30.3 Å². The van der Waals surface area contributed by atoms with Gasteiger partial charge in [0, 0.05) is 6.54 Å². The fraction of sp³-hybridized carbons (Fsp3) is 0.167. The average Bonchev–Trinajstić information content (AvgIpc) is 2.86. The van der Waals surface area contributed by atoms with Gasteiger partial charge >= 0.3 is 5.97 Å². The quantitative estimate of drug-likeness (QED) is 0.516. The van der Waals surface area contributed by atoms with E-state index >= 15 is 0 Å². The molecule has 0 aliphatic rings. The number of aromatic nitrogens is 2. The summed E-state index contributed by atoms with van der Waals surface area (Å²) in [6, 6.07) is 9.88. The highest BCUT2D eigenvalue weighted by Crippen LogP contribution is 2.06. The Morgan fingerprint density at radius 2 is 2.05 bits per heavy atom. The highest BCUT2D eigenvalue weighted by Gasteiger charge is 2.11. The summed E-state index contributed by atoms with van der Waals surface area (Å²) in [4.78, 5) is 23.7. The average molecular weight is 279 g/mol. The molecule has 0 spiro atoms. The van der Waals surface area contributed by atoms with Gasteiger partial charge in [0.1, 0.15) is 5.69 Å². The second kappa shape index (κ2) is 7.52. The lowest BCUT2D eigenvalue weighted by molar-refractivity contribution is -0.742. The molecule has 1 N–H and O–H groups in total. The Morgan fingerprint density at radius 3 is 2.60 bits per heavy atom. The Bertz CT molecular complexity index is 563. The largest absolute Gasteiger partial charge is 0.464 e. The molecule has 1 heterocycles. The standard InChI is InChI=1S/C12H12N2O2.HNO3/c1-16-12(15)11-7-13-9-14(11)8-10-5-3-2-4-6-10;2-1(3)4/h2-7,9H,8H2,1H3;(H,2,3,4). The maximum absolute atomic E-state index is 11.4. The Hall–Kier alpha value is -2.90.